The molecule has 186 valence electrons. The Kier molecular flexibility index (Phi) is 6.87. The monoisotopic (exact) mass is 512 g/mol. The van der Waals surface area contributed by atoms with Crippen LogP contribution in [0.2, 0.25) is 0 Å². The molecule has 0 heterocycles. The lowest BCUT2D eigenvalue weighted by Crippen LogP contribution is -2.22. The molecule has 12 heteroatoms. The van der Waals surface area contributed by atoms with Crippen molar-refractivity contribution in [2.45, 2.75) is 19.2 Å². The van der Waals surface area contributed by atoms with Crippen LogP contribution in [0, 0.1) is 23.3 Å². The van der Waals surface area contributed by atoms with Gasteiger partial charge in [0.05, 0.1) is 11.1 Å². The molecule has 0 amide bonds. The lowest BCUT2D eigenvalue weighted by molar-refractivity contribution is -0.185. The molecule has 0 fully saturated rings. The summed E-state index contributed by atoms with van der Waals surface area (Å²) in [6.07, 6.45) is -9.64. The van der Waals surface area contributed by atoms with E-state index in [0.717, 1.165) is 19.1 Å². The molecule has 3 aromatic rings. The van der Waals surface area contributed by atoms with E-state index < -0.39 is 75.2 Å². The van der Waals surface area contributed by atoms with Crippen LogP contribution < -0.4 is 4.74 Å². The third kappa shape index (κ3) is 5.41. The van der Waals surface area contributed by atoms with Gasteiger partial charge in [-0.1, -0.05) is 12.1 Å². The predicted molar refractivity (Wildman–Crippen MR) is 102 cm³/mol. The first-order valence-electron chi connectivity index (χ1n) is 9.37. The second-order valence-corrected chi connectivity index (χ2v) is 7.12. The third-order valence-corrected chi connectivity index (χ3v) is 4.65. The molecule has 0 saturated carbocycles. The Morgan fingerprint density at radius 3 is 1.63 bits per heavy atom. The Morgan fingerprint density at radius 1 is 0.714 bits per heavy atom. The van der Waals surface area contributed by atoms with E-state index in [-0.39, 0.29) is 29.8 Å². The number of hydrogen-bond acceptors (Lipinski definition) is 1. The van der Waals surface area contributed by atoms with E-state index in [9.17, 15) is 48.3 Å². The number of rotatable bonds is 5. The van der Waals surface area contributed by atoms with Crippen molar-refractivity contribution in [3.05, 3.63) is 94.3 Å². The van der Waals surface area contributed by atoms with Crippen molar-refractivity contribution >= 4 is 5.83 Å². The average Bonchev–Trinajstić information content (AvgIpc) is 2.70. The molecule has 35 heavy (non-hydrogen) atoms. The molecule has 0 N–H and O–H groups in total. The highest BCUT2D eigenvalue weighted by molar-refractivity contribution is 5.67. The Morgan fingerprint density at radius 2 is 1.20 bits per heavy atom. The summed E-state index contributed by atoms with van der Waals surface area (Å²) in [5.41, 5.74) is -5.69. The normalized spacial score (nSPS) is 13.0. The van der Waals surface area contributed by atoms with E-state index in [1.807, 2.05) is 0 Å². The van der Waals surface area contributed by atoms with Gasteiger partial charge in [0.25, 0.3) is 0 Å². The van der Waals surface area contributed by atoms with Crippen molar-refractivity contribution in [2.75, 3.05) is 0 Å². The largest absolute Gasteiger partial charge is 0.429 e. The Hall–Kier alpha value is -3.57. The van der Waals surface area contributed by atoms with Crippen LogP contribution in [-0.2, 0) is 12.3 Å². The molecule has 0 aliphatic rings. The summed E-state index contributed by atoms with van der Waals surface area (Å²) < 4.78 is 154. The molecule has 0 atom stereocenters. The fourth-order valence-corrected chi connectivity index (χ4v) is 3.09. The minimum atomic E-state index is -5.42. The molecule has 1 nitrogen and oxygen atoms in total. The van der Waals surface area contributed by atoms with Crippen molar-refractivity contribution in [3.63, 3.8) is 0 Å². The molecule has 3 aromatic carbocycles. The Balaban J connectivity index is 1.94. The lowest BCUT2D eigenvalue weighted by Gasteiger charge is -2.19. The van der Waals surface area contributed by atoms with Crippen LogP contribution in [0.3, 0.4) is 0 Å². The van der Waals surface area contributed by atoms with Gasteiger partial charge in [-0.15, -0.1) is 0 Å². The van der Waals surface area contributed by atoms with Gasteiger partial charge in [-0.3, -0.25) is 0 Å². The summed E-state index contributed by atoms with van der Waals surface area (Å²) in [6, 6.07) is 3.49. The van der Waals surface area contributed by atoms with Crippen LogP contribution in [0.15, 0.2) is 54.4 Å². The van der Waals surface area contributed by atoms with Crippen LogP contribution >= 0.6 is 0 Å². The molecular formula is C23H11F11O. The van der Waals surface area contributed by atoms with Gasteiger partial charge in [0.1, 0.15) is 40.4 Å². The minimum Gasteiger partial charge on any atom is -0.429 e. The zero-order valence-corrected chi connectivity index (χ0v) is 17.2. The summed E-state index contributed by atoms with van der Waals surface area (Å²) in [4.78, 5) is 0. The summed E-state index contributed by atoms with van der Waals surface area (Å²) in [7, 11) is 0. The van der Waals surface area contributed by atoms with E-state index in [0.29, 0.717) is 12.1 Å². The summed E-state index contributed by atoms with van der Waals surface area (Å²) in [5, 5.41) is 0. The first-order chi connectivity index (χ1) is 16.1. The number of ether oxygens (including phenoxy) is 1. The van der Waals surface area contributed by atoms with E-state index in [1.165, 1.54) is 0 Å². The van der Waals surface area contributed by atoms with Gasteiger partial charge < -0.3 is 4.74 Å². The van der Waals surface area contributed by atoms with E-state index in [2.05, 4.69) is 4.74 Å². The van der Waals surface area contributed by atoms with Crippen molar-refractivity contribution in [1.82, 2.24) is 0 Å². The zero-order valence-electron chi connectivity index (χ0n) is 17.2. The van der Waals surface area contributed by atoms with Gasteiger partial charge in [0.2, 0.25) is 0 Å². The summed E-state index contributed by atoms with van der Waals surface area (Å²) in [6.45, 7) is 0.807. The van der Waals surface area contributed by atoms with E-state index in [4.69, 9.17) is 0 Å². The number of benzene rings is 3. The molecule has 0 unspecified atom stereocenters. The average molecular weight is 512 g/mol. The fourth-order valence-electron chi connectivity index (χ4n) is 3.09. The van der Waals surface area contributed by atoms with Gasteiger partial charge >= 0.3 is 12.3 Å². The number of alkyl halides is 5. The predicted octanol–water partition coefficient (Wildman–Crippen LogP) is 8.68. The van der Waals surface area contributed by atoms with Crippen molar-refractivity contribution in [3.8, 4) is 16.9 Å². The van der Waals surface area contributed by atoms with E-state index >= 15 is 0 Å². The van der Waals surface area contributed by atoms with Gasteiger partial charge in [-0.05, 0) is 36.8 Å². The molecule has 0 aromatic heterocycles. The maximum Gasteiger partial charge on any atom is 0.426 e. The van der Waals surface area contributed by atoms with Gasteiger partial charge in [0, 0.05) is 17.7 Å². The quantitative estimate of drug-likeness (QED) is 0.311. The third-order valence-electron chi connectivity index (χ3n) is 4.65. The Labute approximate surface area is 190 Å². The maximum absolute atomic E-state index is 14.5. The second-order valence-electron chi connectivity index (χ2n) is 7.12. The molecule has 3 rings (SSSR count). The smallest absolute Gasteiger partial charge is 0.426 e. The SMILES string of the molecule is C/C(F)=C(\F)c1ccc(C(F)(F)Oc2cc(F)c(-c3cc(F)c(C(F)(F)F)c(F)c3)c(F)c2)cc1. The maximum atomic E-state index is 14.5. The van der Waals surface area contributed by atoms with Gasteiger partial charge in [0.15, 0.2) is 5.83 Å². The molecule has 0 aliphatic heterocycles. The van der Waals surface area contributed by atoms with Crippen LogP contribution in [0.5, 0.6) is 5.75 Å². The van der Waals surface area contributed by atoms with Crippen LogP contribution in [0.4, 0.5) is 48.3 Å². The molecule has 0 bridgehead atoms. The lowest BCUT2D eigenvalue weighted by atomic mass is 10.0. The molecular weight excluding hydrogens is 501 g/mol. The first-order valence-corrected chi connectivity index (χ1v) is 9.37. The number of halogens is 11. The van der Waals surface area contributed by atoms with E-state index in [1.54, 1.807) is 0 Å². The first kappa shape index (κ1) is 26.0. The second kappa shape index (κ2) is 9.23. The van der Waals surface area contributed by atoms with Crippen LogP contribution in [0.25, 0.3) is 17.0 Å². The molecule has 0 saturated heterocycles. The highest BCUT2D eigenvalue weighted by Gasteiger charge is 2.39. The van der Waals surface area contributed by atoms with Crippen molar-refractivity contribution < 1.29 is 53.0 Å². The van der Waals surface area contributed by atoms with Crippen molar-refractivity contribution in [1.29, 1.82) is 0 Å². The summed E-state index contributed by atoms with van der Waals surface area (Å²) in [5.74, 6) is -11.2. The zero-order chi connectivity index (χ0) is 26.3. The van der Waals surface area contributed by atoms with Gasteiger partial charge in [-0.2, -0.15) is 22.0 Å². The standard InChI is InChI=1S/C23H11F11O/c1-10(24)21(29)11-2-4-13(5-3-11)23(33,34)35-14-8-15(25)19(16(26)9-14)12-6-17(27)20(18(28)7-12)22(30,31)32/h2-9H,1H3/b21-10+. The highest BCUT2D eigenvalue weighted by atomic mass is 19.4. The van der Waals surface area contributed by atoms with Crippen molar-refractivity contribution in [2.24, 2.45) is 0 Å². The highest BCUT2D eigenvalue weighted by Crippen LogP contribution is 2.39. The number of hydrogen-bond donors (Lipinski definition) is 0. The Bertz CT molecular complexity index is 1240. The number of allylic oxidation sites excluding steroid dienone is 1. The molecule has 0 spiro atoms. The van der Waals surface area contributed by atoms with Gasteiger partial charge in [-0.25, -0.2) is 26.3 Å². The topological polar surface area (TPSA) is 9.23 Å². The summed E-state index contributed by atoms with van der Waals surface area (Å²) >= 11 is 0. The van der Waals surface area contributed by atoms with Crippen LogP contribution in [0.1, 0.15) is 23.6 Å². The molecule has 0 radical (unpaired) electrons. The molecule has 0 aliphatic carbocycles. The minimum absolute atomic E-state index is 0.0385. The van der Waals surface area contributed by atoms with Crippen LogP contribution in [-0.4, -0.2) is 0 Å². The fraction of sp³-hybridized carbons (Fsp3) is 0.130.